The van der Waals surface area contributed by atoms with E-state index in [0.29, 0.717) is 28.9 Å². The minimum atomic E-state index is -1.50. The third-order valence-electron chi connectivity index (χ3n) is 6.48. The lowest BCUT2D eigenvalue weighted by atomic mass is 9.94. The van der Waals surface area contributed by atoms with E-state index in [1.54, 1.807) is 41.0 Å². The molecule has 2 aliphatic rings. The van der Waals surface area contributed by atoms with Crippen molar-refractivity contribution in [2.45, 2.75) is 31.3 Å². The molecule has 7 nitrogen and oxygen atoms in total. The zero-order valence-electron chi connectivity index (χ0n) is 17.0. The zero-order valence-corrected chi connectivity index (χ0v) is 17.0. The van der Waals surface area contributed by atoms with Crippen molar-refractivity contribution < 1.29 is 18.0 Å². The van der Waals surface area contributed by atoms with E-state index in [1.807, 2.05) is 4.90 Å². The van der Waals surface area contributed by atoms with Gasteiger partial charge in [-0.25, -0.2) is 17.7 Å². The number of halogens is 3. The topological polar surface area (TPSA) is 68.3 Å². The van der Waals surface area contributed by atoms with Gasteiger partial charge in [-0.1, -0.05) is 0 Å². The number of carbonyl (C=O) groups excluding carboxylic acids is 1. The summed E-state index contributed by atoms with van der Waals surface area (Å²) in [6.07, 6.45) is 8.46. The first-order valence-corrected chi connectivity index (χ1v) is 10.2. The molecule has 5 heterocycles. The quantitative estimate of drug-likeness (QED) is 0.450. The van der Waals surface area contributed by atoms with Gasteiger partial charge in [0, 0.05) is 36.6 Å². The summed E-state index contributed by atoms with van der Waals surface area (Å²) in [5.74, 6) is -4.12. The van der Waals surface area contributed by atoms with Crippen LogP contribution in [0, 0.1) is 17.5 Å². The molecule has 10 heteroatoms. The molecule has 1 aromatic carbocycles. The second-order valence-electron chi connectivity index (χ2n) is 8.22. The van der Waals surface area contributed by atoms with Crippen LogP contribution in [0.15, 0.2) is 36.9 Å². The Morgan fingerprint density at radius 2 is 1.91 bits per heavy atom. The van der Waals surface area contributed by atoms with Crippen LogP contribution in [0.2, 0.25) is 0 Å². The van der Waals surface area contributed by atoms with E-state index in [0.717, 1.165) is 30.5 Å². The largest absolute Gasteiger partial charge is 0.327 e. The van der Waals surface area contributed by atoms with E-state index in [-0.39, 0.29) is 23.6 Å². The number of aromatic nitrogens is 5. The zero-order chi connectivity index (χ0) is 22.1. The number of aryl methyl sites for hydroxylation is 1. The van der Waals surface area contributed by atoms with Crippen LogP contribution in [0.3, 0.4) is 0 Å². The maximum absolute atomic E-state index is 13.9. The van der Waals surface area contributed by atoms with E-state index in [2.05, 4.69) is 15.2 Å². The van der Waals surface area contributed by atoms with Gasteiger partial charge in [0.15, 0.2) is 17.5 Å². The van der Waals surface area contributed by atoms with Gasteiger partial charge in [0.25, 0.3) is 5.91 Å². The summed E-state index contributed by atoms with van der Waals surface area (Å²) in [6.45, 7) is 0. The summed E-state index contributed by atoms with van der Waals surface area (Å²) in [6, 6.07) is 1.64. The molecule has 2 atom stereocenters. The predicted molar refractivity (Wildman–Crippen MR) is 107 cm³/mol. The Labute approximate surface area is 180 Å². The highest BCUT2D eigenvalue weighted by Gasteiger charge is 2.46. The SMILES string of the molecule is Cn1nc2c(c1-c1cc(F)c(F)c(F)c1)CC1CCC2N1C(=O)c1cnn2ccncc12. The van der Waals surface area contributed by atoms with Gasteiger partial charge in [-0.3, -0.25) is 14.5 Å². The average molecular weight is 438 g/mol. The first kappa shape index (κ1) is 19.0. The van der Waals surface area contributed by atoms with Gasteiger partial charge in [0.2, 0.25) is 0 Å². The van der Waals surface area contributed by atoms with Crippen molar-refractivity contribution in [3.05, 3.63) is 71.2 Å². The fourth-order valence-electron chi connectivity index (χ4n) is 5.14. The highest BCUT2D eigenvalue weighted by Crippen LogP contribution is 2.47. The fourth-order valence-corrected chi connectivity index (χ4v) is 5.14. The third kappa shape index (κ3) is 2.55. The number of benzene rings is 1. The predicted octanol–water partition coefficient (Wildman–Crippen LogP) is 3.45. The maximum Gasteiger partial charge on any atom is 0.258 e. The van der Waals surface area contributed by atoms with Crippen LogP contribution in [0.25, 0.3) is 16.8 Å². The van der Waals surface area contributed by atoms with Crippen LogP contribution in [-0.2, 0) is 13.5 Å². The first-order valence-electron chi connectivity index (χ1n) is 10.2. The number of nitrogens with zero attached hydrogens (tertiary/aromatic N) is 6. The normalized spacial score (nSPS) is 19.6. The maximum atomic E-state index is 13.9. The highest BCUT2D eigenvalue weighted by molar-refractivity contribution is 6.01. The van der Waals surface area contributed by atoms with Crippen LogP contribution in [0.1, 0.15) is 40.5 Å². The Kier molecular flexibility index (Phi) is 3.96. The van der Waals surface area contributed by atoms with Crippen molar-refractivity contribution in [2.75, 3.05) is 0 Å². The van der Waals surface area contributed by atoms with E-state index < -0.39 is 17.5 Å². The molecule has 1 saturated heterocycles. The monoisotopic (exact) mass is 438 g/mol. The average Bonchev–Trinajstić information content (AvgIpc) is 3.44. The minimum Gasteiger partial charge on any atom is -0.327 e. The Bertz CT molecular complexity index is 1390. The summed E-state index contributed by atoms with van der Waals surface area (Å²) in [7, 11) is 1.68. The van der Waals surface area contributed by atoms with Gasteiger partial charge in [-0.2, -0.15) is 10.2 Å². The van der Waals surface area contributed by atoms with Gasteiger partial charge in [0.1, 0.15) is 0 Å². The molecule has 32 heavy (non-hydrogen) atoms. The number of rotatable bonds is 2. The Balaban J connectivity index is 1.43. The number of hydrogen-bond acceptors (Lipinski definition) is 4. The fraction of sp³-hybridized carbons (Fsp3) is 0.273. The van der Waals surface area contributed by atoms with Crippen molar-refractivity contribution in [2.24, 2.45) is 7.05 Å². The molecule has 0 saturated carbocycles. The molecule has 1 fully saturated rings. The lowest BCUT2D eigenvalue weighted by Gasteiger charge is -2.34. The molecule has 2 aliphatic heterocycles. The van der Waals surface area contributed by atoms with E-state index in [1.165, 1.54) is 0 Å². The molecule has 0 aliphatic carbocycles. The van der Waals surface area contributed by atoms with Crippen molar-refractivity contribution in [1.29, 1.82) is 0 Å². The number of amides is 1. The Morgan fingerprint density at radius 1 is 1.12 bits per heavy atom. The smallest absolute Gasteiger partial charge is 0.258 e. The first-order chi connectivity index (χ1) is 15.4. The molecule has 6 rings (SSSR count). The van der Waals surface area contributed by atoms with Gasteiger partial charge in [-0.15, -0.1) is 0 Å². The number of fused-ring (bicyclic) bond motifs is 5. The number of hydrogen-bond donors (Lipinski definition) is 0. The van der Waals surface area contributed by atoms with Crippen LogP contribution in [-0.4, -0.2) is 41.2 Å². The summed E-state index contributed by atoms with van der Waals surface area (Å²) < 4.78 is 44.5. The summed E-state index contributed by atoms with van der Waals surface area (Å²) >= 11 is 0. The summed E-state index contributed by atoms with van der Waals surface area (Å²) in [5, 5.41) is 8.85. The van der Waals surface area contributed by atoms with Crippen LogP contribution in [0.5, 0.6) is 0 Å². The van der Waals surface area contributed by atoms with Crippen molar-refractivity contribution >= 4 is 11.4 Å². The minimum absolute atomic E-state index is 0.0790. The summed E-state index contributed by atoms with van der Waals surface area (Å²) in [4.78, 5) is 19.4. The second-order valence-corrected chi connectivity index (χ2v) is 8.22. The van der Waals surface area contributed by atoms with E-state index in [4.69, 9.17) is 0 Å². The molecule has 0 N–H and O–H groups in total. The van der Waals surface area contributed by atoms with Crippen molar-refractivity contribution in [3.63, 3.8) is 0 Å². The molecule has 1 amide bonds. The van der Waals surface area contributed by atoms with E-state index >= 15 is 0 Å². The lowest BCUT2D eigenvalue weighted by molar-refractivity contribution is 0.0644. The van der Waals surface area contributed by atoms with Gasteiger partial charge in [-0.05, 0) is 31.4 Å². The molecule has 3 aromatic heterocycles. The van der Waals surface area contributed by atoms with Crippen LogP contribution in [0.4, 0.5) is 13.2 Å². The van der Waals surface area contributed by atoms with Gasteiger partial charge >= 0.3 is 0 Å². The standard InChI is InChI=1S/C22H17F3N6O/c1-29-21(11-6-15(23)19(25)16(24)7-11)13-8-12-2-3-17(20(13)28-29)31(12)22(32)14-9-27-30-5-4-26-10-18(14)30/h4-7,9-10,12,17H,2-3,8H2,1H3. The van der Waals surface area contributed by atoms with Crippen molar-refractivity contribution in [3.8, 4) is 11.3 Å². The summed E-state index contributed by atoms with van der Waals surface area (Å²) in [5.41, 5.74) is 3.42. The Hall–Kier alpha value is -3.69. The molecule has 2 unspecified atom stereocenters. The third-order valence-corrected chi connectivity index (χ3v) is 6.48. The molecule has 0 spiro atoms. The van der Waals surface area contributed by atoms with Crippen LogP contribution >= 0.6 is 0 Å². The van der Waals surface area contributed by atoms with E-state index in [9.17, 15) is 18.0 Å². The molecular formula is C22H17F3N6O. The van der Waals surface area contributed by atoms with Gasteiger partial charge in [0.05, 0.1) is 40.9 Å². The number of carbonyl (C=O) groups is 1. The highest BCUT2D eigenvalue weighted by atomic mass is 19.2. The molecular weight excluding hydrogens is 421 g/mol. The molecule has 4 aromatic rings. The second kappa shape index (κ2) is 6.65. The van der Waals surface area contributed by atoms with Gasteiger partial charge < -0.3 is 4.90 Å². The molecule has 2 bridgehead atoms. The van der Waals surface area contributed by atoms with Crippen LogP contribution < -0.4 is 0 Å². The lowest BCUT2D eigenvalue weighted by Crippen LogP contribution is -2.41. The molecule has 162 valence electrons. The van der Waals surface area contributed by atoms with Crippen molar-refractivity contribution in [1.82, 2.24) is 29.3 Å². The molecule has 0 radical (unpaired) electrons. The Morgan fingerprint density at radius 3 is 2.69 bits per heavy atom.